The second-order valence-electron chi connectivity index (χ2n) is 13.5. The Kier molecular flexibility index (Phi) is 12.7. The van der Waals surface area contributed by atoms with Crippen LogP contribution in [0.15, 0.2) is 90.0 Å². The van der Waals surface area contributed by atoms with Crippen LogP contribution in [-0.4, -0.2) is 64.2 Å². The van der Waals surface area contributed by atoms with Crippen LogP contribution < -0.4 is 40.2 Å². The van der Waals surface area contributed by atoms with E-state index in [4.69, 9.17) is 19.3 Å². The van der Waals surface area contributed by atoms with Gasteiger partial charge in [0, 0.05) is 47.8 Å². The number of methoxy groups -OCH3 is 2. The van der Waals surface area contributed by atoms with Gasteiger partial charge in [0.25, 0.3) is 5.91 Å². The summed E-state index contributed by atoms with van der Waals surface area (Å²) in [4.78, 5) is 41.2. The van der Waals surface area contributed by atoms with Gasteiger partial charge in [0.05, 0.1) is 31.2 Å². The Bertz CT molecular complexity index is 2380. The lowest BCUT2D eigenvalue weighted by Crippen LogP contribution is -2.25. The van der Waals surface area contributed by atoms with Gasteiger partial charge in [-0.1, -0.05) is 45.0 Å². The Morgan fingerprint density at radius 3 is 2.25 bits per heavy atom. The second kappa shape index (κ2) is 17.4. The number of hydrogen-bond donors (Lipinski definition) is 6. The highest BCUT2D eigenvalue weighted by Crippen LogP contribution is 2.39. The van der Waals surface area contributed by atoms with Crippen LogP contribution in [0.25, 0.3) is 10.8 Å². The lowest BCUT2D eigenvalue weighted by molar-refractivity contribution is -0.137. The molecule has 1 heterocycles. The highest BCUT2D eigenvalue weighted by atomic mass is 32.2. The van der Waals surface area contributed by atoms with Crippen LogP contribution >= 0.6 is 0 Å². The maximum Gasteiger partial charge on any atom is 0.323 e. The third-order valence-corrected chi connectivity index (χ3v) is 10.0. The number of carbonyl (C=O) groups excluding carboxylic acids is 2. The monoisotopic (exact) mass is 784 g/mol. The number of anilines is 4. The van der Waals surface area contributed by atoms with Crippen molar-refractivity contribution in [2.75, 3.05) is 43.8 Å². The molecule has 0 aliphatic rings. The third kappa shape index (κ3) is 9.82. The van der Waals surface area contributed by atoms with Crippen molar-refractivity contribution in [1.29, 1.82) is 0 Å². The van der Waals surface area contributed by atoms with Crippen molar-refractivity contribution in [3.8, 4) is 23.0 Å². The van der Waals surface area contributed by atoms with E-state index in [1.807, 2.05) is 45.0 Å². The Balaban J connectivity index is 1.33. The van der Waals surface area contributed by atoms with Crippen molar-refractivity contribution >= 4 is 61.6 Å². The fourth-order valence-corrected chi connectivity index (χ4v) is 6.64. The molecule has 0 unspecified atom stereocenters. The van der Waals surface area contributed by atoms with E-state index in [2.05, 4.69) is 31.0 Å². The largest absolute Gasteiger partial charge is 0.496 e. The van der Waals surface area contributed by atoms with E-state index in [-0.39, 0.29) is 35.2 Å². The number of nitrogens with one attached hydrogen (secondary N) is 5. The number of amides is 3. The molecule has 5 aromatic rings. The fraction of sp³-hybridized carbons (Fsp3) is 0.250. The first-order valence-electron chi connectivity index (χ1n) is 17.5. The highest BCUT2D eigenvalue weighted by Gasteiger charge is 2.27. The van der Waals surface area contributed by atoms with E-state index in [1.165, 1.54) is 27.3 Å². The number of fused-ring (bicyclic) bond motifs is 1. The molecule has 15 nitrogen and oxygen atoms in total. The minimum Gasteiger partial charge on any atom is -0.496 e. The Labute approximate surface area is 324 Å². The molecule has 0 bridgehead atoms. The number of aromatic nitrogens is 1. The number of nitrogens with zero attached hydrogens (tertiary/aromatic N) is 1. The molecular weight excluding hydrogens is 741 g/mol. The average molecular weight is 785 g/mol. The van der Waals surface area contributed by atoms with E-state index in [1.54, 1.807) is 54.7 Å². The van der Waals surface area contributed by atoms with Gasteiger partial charge in [0.1, 0.15) is 28.0 Å². The number of hydrogen-bond acceptors (Lipinski definition) is 10. The molecule has 0 aliphatic heterocycles. The standard InChI is InChI=1S/C40H44N6O9S/c1-40(2,3)24-20-31(37(54-6)34(21-24)56(51,52)41-4)46-39(50)45-30-15-16-32(28-11-8-7-10-27(28)30)55-26-17-19-42-35(23-26)44-25-13-14-29(33(22-25)53-5)38(49)43-18-9-12-36(47)48/h7-8,10-11,13-17,19-23,41H,9,12,18H2,1-6H3,(H,42,44)(H,43,49)(H,47,48)(H2,45,46,50). The summed E-state index contributed by atoms with van der Waals surface area (Å²) in [5, 5.41) is 21.7. The van der Waals surface area contributed by atoms with Gasteiger partial charge in [-0.25, -0.2) is 22.9 Å². The Morgan fingerprint density at radius 2 is 1.57 bits per heavy atom. The molecular formula is C40H44N6O9S. The molecule has 0 fully saturated rings. The predicted molar refractivity (Wildman–Crippen MR) is 214 cm³/mol. The van der Waals surface area contributed by atoms with Gasteiger partial charge >= 0.3 is 12.0 Å². The first-order valence-corrected chi connectivity index (χ1v) is 19.0. The topological polar surface area (TPSA) is 206 Å². The van der Waals surface area contributed by atoms with Gasteiger partial charge in [0.15, 0.2) is 5.75 Å². The van der Waals surface area contributed by atoms with E-state index in [9.17, 15) is 22.8 Å². The number of benzene rings is 4. The van der Waals surface area contributed by atoms with E-state index in [0.717, 1.165) is 0 Å². The number of carbonyl (C=O) groups is 3. The van der Waals surface area contributed by atoms with Crippen LogP contribution in [0.3, 0.4) is 0 Å². The zero-order valence-corrected chi connectivity index (χ0v) is 32.6. The van der Waals surface area contributed by atoms with Crippen LogP contribution in [0, 0.1) is 0 Å². The molecule has 16 heteroatoms. The van der Waals surface area contributed by atoms with Crippen molar-refractivity contribution in [1.82, 2.24) is 15.0 Å². The molecule has 5 rings (SSSR count). The van der Waals surface area contributed by atoms with Crippen LogP contribution in [0.2, 0.25) is 0 Å². The second-order valence-corrected chi connectivity index (χ2v) is 15.4. The maximum absolute atomic E-state index is 13.5. The maximum atomic E-state index is 13.5. The molecule has 1 aromatic heterocycles. The molecule has 0 radical (unpaired) electrons. The number of carboxylic acids is 1. The summed E-state index contributed by atoms with van der Waals surface area (Å²) >= 11 is 0. The number of urea groups is 1. The number of pyridine rings is 1. The minimum atomic E-state index is -3.93. The number of aliphatic carboxylic acids is 1. The molecule has 294 valence electrons. The van der Waals surface area contributed by atoms with Crippen molar-refractivity contribution < 1.29 is 42.1 Å². The number of sulfonamides is 1. The number of ether oxygens (including phenoxy) is 3. The van der Waals surface area contributed by atoms with E-state index >= 15 is 0 Å². The number of rotatable bonds is 15. The molecule has 0 aliphatic carbocycles. The molecule has 4 aromatic carbocycles. The predicted octanol–water partition coefficient (Wildman–Crippen LogP) is 7.23. The van der Waals surface area contributed by atoms with Crippen molar-refractivity contribution in [3.63, 3.8) is 0 Å². The van der Waals surface area contributed by atoms with Gasteiger partial charge in [0.2, 0.25) is 10.0 Å². The highest BCUT2D eigenvalue weighted by molar-refractivity contribution is 7.89. The summed E-state index contributed by atoms with van der Waals surface area (Å²) in [6.07, 6.45) is 1.83. The van der Waals surface area contributed by atoms with E-state index < -0.39 is 27.4 Å². The molecule has 6 N–H and O–H groups in total. The molecule has 0 atom stereocenters. The lowest BCUT2D eigenvalue weighted by Gasteiger charge is -2.23. The third-order valence-electron chi connectivity index (χ3n) is 8.59. The van der Waals surface area contributed by atoms with Gasteiger partial charge in [-0.05, 0) is 66.9 Å². The van der Waals surface area contributed by atoms with Crippen molar-refractivity contribution in [3.05, 3.63) is 96.2 Å². The summed E-state index contributed by atoms with van der Waals surface area (Å²) < 4.78 is 45.4. The molecule has 56 heavy (non-hydrogen) atoms. The molecule has 0 saturated heterocycles. The molecule has 0 spiro atoms. The zero-order valence-electron chi connectivity index (χ0n) is 31.8. The van der Waals surface area contributed by atoms with Crippen LogP contribution in [0.4, 0.5) is 27.7 Å². The summed E-state index contributed by atoms with van der Waals surface area (Å²) in [5.74, 6) is 0.415. The summed E-state index contributed by atoms with van der Waals surface area (Å²) in [6.45, 7) is 6.02. The summed E-state index contributed by atoms with van der Waals surface area (Å²) in [6, 6.07) is 21.7. The van der Waals surface area contributed by atoms with Crippen LogP contribution in [0.1, 0.15) is 49.5 Å². The molecule has 3 amide bonds. The van der Waals surface area contributed by atoms with Gasteiger partial charge in [-0.3, -0.25) is 9.59 Å². The quantitative estimate of drug-likeness (QED) is 0.0584. The lowest BCUT2D eigenvalue weighted by atomic mass is 9.86. The average Bonchev–Trinajstić information content (AvgIpc) is 3.16. The normalized spacial score (nSPS) is 11.4. The minimum absolute atomic E-state index is 0.00686. The summed E-state index contributed by atoms with van der Waals surface area (Å²) in [5.41, 5.74) is 1.78. The molecule has 0 saturated carbocycles. The van der Waals surface area contributed by atoms with Gasteiger partial charge in [-0.15, -0.1) is 0 Å². The smallest absolute Gasteiger partial charge is 0.323 e. The van der Waals surface area contributed by atoms with Crippen molar-refractivity contribution in [2.24, 2.45) is 0 Å². The fourth-order valence-electron chi connectivity index (χ4n) is 5.70. The number of carboxylic acid groups (broad SMARTS) is 1. The summed E-state index contributed by atoms with van der Waals surface area (Å²) in [7, 11) is 0.161. The van der Waals surface area contributed by atoms with E-state index in [0.29, 0.717) is 62.8 Å². The SMILES string of the molecule is CNS(=O)(=O)c1cc(C(C)(C)C)cc(NC(=O)Nc2ccc(Oc3ccnc(Nc4ccc(C(=O)NCCCC(=O)O)c(OC)c4)c3)c3ccccc23)c1OC. The van der Waals surface area contributed by atoms with Crippen LogP contribution in [0.5, 0.6) is 23.0 Å². The first-order chi connectivity index (χ1) is 26.6. The van der Waals surface area contributed by atoms with Crippen LogP contribution in [-0.2, 0) is 20.2 Å². The van der Waals surface area contributed by atoms with Crippen molar-refractivity contribution in [2.45, 2.75) is 43.9 Å². The Hall–Kier alpha value is -6.39. The Morgan fingerprint density at radius 1 is 0.839 bits per heavy atom. The first kappa shape index (κ1) is 40.8. The van der Waals surface area contributed by atoms with Gasteiger partial charge in [-0.2, -0.15) is 0 Å². The zero-order chi connectivity index (χ0) is 40.6. The van der Waals surface area contributed by atoms with Gasteiger partial charge < -0.3 is 40.6 Å².